The zero-order valence-corrected chi connectivity index (χ0v) is 20.8. The highest BCUT2D eigenvalue weighted by molar-refractivity contribution is 5.98. The second kappa shape index (κ2) is 12.3. The van der Waals surface area contributed by atoms with Gasteiger partial charge in [-0.2, -0.15) is 0 Å². The van der Waals surface area contributed by atoms with E-state index in [0.717, 1.165) is 0 Å². The smallest absolute Gasteiger partial charge is 0.338 e. The van der Waals surface area contributed by atoms with E-state index in [9.17, 15) is 19.2 Å². The molecule has 4 rings (SSSR count). The Labute approximate surface area is 215 Å². The first-order valence-electron chi connectivity index (χ1n) is 12.3. The van der Waals surface area contributed by atoms with Crippen molar-refractivity contribution in [3.8, 4) is 0 Å². The molecular weight excluding hydrogens is 478 g/mol. The first-order chi connectivity index (χ1) is 17.9. The SMILES string of the molecule is CCOC(=O)c1ccc(NC(=O)C[C@H]2C(=O)NCCN2C(=O)CN2CCN(c3ncccn3)CC2)cc1. The summed E-state index contributed by atoms with van der Waals surface area (Å²) in [6, 6.07) is 7.17. The van der Waals surface area contributed by atoms with E-state index in [0.29, 0.717) is 56.5 Å². The van der Waals surface area contributed by atoms with Crippen LogP contribution in [0.5, 0.6) is 0 Å². The van der Waals surface area contributed by atoms with Crippen molar-refractivity contribution in [2.45, 2.75) is 19.4 Å². The lowest BCUT2D eigenvalue weighted by Gasteiger charge is -2.38. The van der Waals surface area contributed by atoms with Gasteiger partial charge in [0.25, 0.3) is 0 Å². The third-order valence-corrected chi connectivity index (χ3v) is 6.28. The zero-order valence-electron chi connectivity index (χ0n) is 20.8. The number of carbonyl (C=O) groups excluding carboxylic acids is 4. The van der Waals surface area contributed by atoms with Crippen LogP contribution in [0, 0.1) is 0 Å². The van der Waals surface area contributed by atoms with E-state index in [-0.39, 0.29) is 31.4 Å². The maximum atomic E-state index is 13.2. The number of piperazine rings is 2. The Morgan fingerprint density at radius 3 is 2.43 bits per heavy atom. The van der Waals surface area contributed by atoms with E-state index >= 15 is 0 Å². The molecule has 2 fully saturated rings. The molecule has 0 radical (unpaired) electrons. The average molecular weight is 510 g/mol. The lowest BCUT2D eigenvalue weighted by molar-refractivity contribution is -0.145. The van der Waals surface area contributed by atoms with Crippen LogP contribution < -0.4 is 15.5 Å². The molecular formula is C25H31N7O5. The Morgan fingerprint density at radius 2 is 1.76 bits per heavy atom. The number of amides is 3. The van der Waals surface area contributed by atoms with Gasteiger partial charge in [-0.3, -0.25) is 19.3 Å². The van der Waals surface area contributed by atoms with Crippen LogP contribution in [0.4, 0.5) is 11.6 Å². The highest BCUT2D eigenvalue weighted by Gasteiger charge is 2.35. The maximum absolute atomic E-state index is 13.2. The first kappa shape index (κ1) is 26.0. The number of nitrogens with one attached hydrogen (secondary N) is 2. The summed E-state index contributed by atoms with van der Waals surface area (Å²) in [4.78, 5) is 64.4. The maximum Gasteiger partial charge on any atom is 0.338 e. The van der Waals surface area contributed by atoms with Crippen molar-refractivity contribution >= 4 is 35.3 Å². The summed E-state index contributed by atoms with van der Waals surface area (Å²) in [5, 5.41) is 5.48. The van der Waals surface area contributed by atoms with Crippen LogP contribution in [-0.4, -0.2) is 102 Å². The number of hydrogen-bond acceptors (Lipinski definition) is 9. The summed E-state index contributed by atoms with van der Waals surface area (Å²) in [5.41, 5.74) is 0.854. The van der Waals surface area contributed by atoms with E-state index in [2.05, 4.69) is 25.5 Å². The third-order valence-electron chi connectivity index (χ3n) is 6.28. The Hall–Kier alpha value is -4.06. The molecule has 2 saturated heterocycles. The molecule has 1 atom stereocenters. The Kier molecular flexibility index (Phi) is 8.62. The van der Waals surface area contributed by atoms with Crippen molar-refractivity contribution in [2.24, 2.45) is 0 Å². The Morgan fingerprint density at radius 1 is 1.05 bits per heavy atom. The van der Waals surface area contributed by atoms with Crippen molar-refractivity contribution in [1.82, 2.24) is 25.1 Å². The second-order valence-corrected chi connectivity index (χ2v) is 8.76. The van der Waals surface area contributed by atoms with E-state index in [1.165, 1.54) is 4.90 Å². The van der Waals surface area contributed by atoms with Gasteiger partial charge in [-0.05, 0) is 37.3 Å². The van der Waals surface area contributed by atoms with Crippen LogP contribution >= 0.6 is 0 Å². The number of nitrogens with zero attached hydrogens (tertiary/aromatic N) is 5. The van der Waals surface area contributed by atoms with Crippen molar-refractivity contribution in [3.63, 3.8) is 0 Å². The van der Waals surface area contributed by atoms with Crippen LogP contribution in [0.2, 0.25) is 0 Å². The zero-order chi connectivity index (χ0) is 26.2. The highest BCUT2D eigenvalue weighted by atomic mass is 16.5. The number of carbonyl (C=O) groups is 4. The van der Waals surface area contributed by atoms with E-state index in [1.54, 1.807) is 49.6 Å². The minimum atomic E-state index is -0.890. The van der Waals surface area contributed by atoms with Crippen LogP contribution in [0.1, 0.15) is 23.7 Å². The lowest BCUT2D eigenvalue weighted by atomic mass is 10.1. The van der Waals surface area contributed by atoms with Crippen LogP contribution in [0.15, 0.2) is 42.7 Å². The number of benzene rings is 1. The molecule has 2 aliphatic heterocycles. The molecule has 3 heterocycles. The van der Waals surface area contributed by atoms with Crippen LogP contribution in [0.3, 0.4) is 0 Å². The topological polar surface area (TPSA) is 137 Å². The minimum absolute atomic E-state index is 0.170. The van der Waals surface area contributed by atoms with Gasteiger partial charge < -0.3 is 25.2 Å². The molecule has 0 saturated carbocycles. The quantitative estimate of drug-likeness (QED) is 0.476. The second-order valence-electron chi connectivity index (χ2n) is 8.76. The number of anilines is 2. The van der Waals surface area contributed by atoms with Crippen molar-refractivity contribution in [1.29, 1.82) is 0 Å². The van der Waals surface area contributed by atoms with E-state index in [4.69, 9.17) is 4.74 Å². The normalized spacial score (nSPS) is 18.2. The molecule has 196 valence electrons. The molecule has 1 aromatic carbocycles. The van der Waals surface area contributed by atoms with Gasteiger partial charge >= 0.3 is 5.97 Å². The van der Waals surface area contributed by atoms with E-state index in [1.807, 2.05) is 4.90 Å². The van der Waals surface area contributed by atoms with Crippen molar-refractivity contribution in [2.75, 3.05) is 62.6 Å². The van der Waals surface area contributed by atoms with Gasteiger partial charge in [0.15, 0.2) is 0 Å². The molecule has 0 aliphatic carbocycles. The van der Waals surface area contributed by atoms with Gasteiger partial charge in [-0.15, -0.1) is 0 Å². The van der Waals surface area contributed by atoms with E-state index < -0.39 is 17.9 Å². The van der Waals surface area contributed by atoms with Crippen molar-refractivity contribution < 1.29 is 23.9 Å². The summed E-state index contributed by atoms with van der Waals surface area (Å²) < 4.78 is 4.96. The van der Waals surface area contributed by atoms with Gasteiger partial charge in [0.1, 0.15) is 6.04 Å². The largest absolute Gasteiger partial charge is 0.462 e. The average Bonchev–Trinajstić information content (AvgIpc) is 2.91. The monoisotopic (exact) mass is 509 g/mol. The van der Waals surface area contributed by atoms with Crippen molar-refractivity contribution in [3.05, 3.63) is 48.3 Å². The molecule has 37 heavy (non-hydrogen) atoms. The first-order valence-corrected chi connectivity index (χ1v) is 12.3. The molecule has 0 bridgehead atoms. The number of hydrogen-bond donors (Lipinski definition) is 2. The number of aromatic nitrogens is 2. The molecule has 12 heteroatoms. The number of esters is 1. The third kappa shape index (κ3) is 6.79. The van der Waals surface area contributed by atoms with Gasteiger partial charge in [0.05, 0.1) is 25.1 Å². The molecule has 0 spiro atoms. The van der Waals surface area contributed by atoms with Gasteiger partial charge in [-0.1, -0.05) is 0 Å². The lowest BCUT2D eigenvalue weighted by Crippen LogP contribution is -2.60. The van der Waals surface area contributed by atoms with Gasteiger partial charge in [-0.25, -0.2) is 14.8 Å². The molecule has 2 aromatic rings. The summed E-state index contributed by atoms with van der Waals surface area (Å²) >= 11 is 0. The highest BCUT2D eigenvalue weighted by Crippen LogP contribution is 2.15. The number of ether oxygens (including phenoxy) is 1. The molecule has 1 aromatic heterocycles. The Balaban J connectivity index is 1.30. The molecule has 2 N–H and O–H groups in total. The van der Waals surface area contributed by atoms with Gasteiger partial charge in [0.2, 0.25) is 23.7 Å². The fraction of sp³-hybridized carbons (Fsp3) is 0.440. The Bertz CT molecular complexity index is 1100. The predicted molar refractivity (Wildman–Crippen MR) is 135 cm³/mol. The summed E-state index contributed by atoms with van der Waals surface area (Å²) in [6.45, 7) is 5.57. The number of rotatable bonds is 8. The van der Waals surface area contributed by atoms with Crippen LogP contribution in [-0.2, 0) is 19.1 Å². The summed E-state index contributed by atoms with van der Waals surface area (Å²) in [7, 11) is 0. The molecule has 0 unspecified atom stereocenters. The van der Waals surface area contributed by atoms with Crippen LogP contribution in [0.25, 0.3) is 0 Å². The standard InChI is InChI=1S/C25H31N7O5/c1-2-37-24(36)18-4-6-19(7-5-18)29-21(33)16-20-23(35)26-10-11-32(20)22(34)17-30-12-14-31(15-13-30)25-27-8-3-9-28-25/h3-9,20H,2,10-17H2,1H3,(H,26,35)(H,29,33)/t20-/m0/s1. The van der Waals surface area contributed by atoms with Gasteiger partial charge in [0, 0.05) is 57.3 Å². The predicted octanol–water partition coefficient (Wildman–Crippen LogP) is 0.131. The summed E-state index contributed by atoms with van der Waals surface area (Å²) in [5.74, 6) is -0.708. The molecule has 2 aliphatic rings. The fourth-order valence-corrected chi connectivity index (χ4v) is 4.35. The summed E-state index contributed by atoms with van der Waals surface area (Å²) in [6.07, 6.45) is 3.24. The fourth-order valence-electron chi connectivity index (χ4n) is 4.35. The molecule has 3 amide bonds. The molecule has 12 nitrogen and oxygen atoms in total. The minimum Gasteiger partial charge on any atom is -0.462 e.